The van der Waals surface area contributed by atoms with Gasteiger partial charge in [-0.25, -0.2) is 0 Å². The van der Waals surface area contributed by atoms with E-state index in [9.17, 15) is 4.79 Å². The van der Waals surface area contributed by atoms with Gasteiger partial charge in [0.1, 0.15) is 0 Å². The van der Waals surface area contributed by atoms with E-state index in [4.69, 9.17) is 0 Å². The van der Waals surface area contributed by atoms with Crippen LogP contribution in [-0.4, -0.2) is 5.78 Å². The molecule has 2 rings (SSSR count). The van der Waals surface area contributed by atoms with Gasteiger partial charge in [-0.05, 0) is 30.7 Å². The van der Waals surface area contributed by atoms with E-state index in [1.54, 1.807) is 0 Å². The lowest BCUT2D eigenvalue weighted by Crippen LogP contribution is -2.24. The summed E-state index contributed by atoms with van der Waals surface area (Å²) in [5, 5.41) is 0. The molecule has 0 aromatic heterocycles. The molecular weight excluding hydrogens is 196 g/mol. The molecule has 1 nitrogen and oxygen atoms in total. The number of benzene rings is 1. The molecule has 1 aliphatic carbocycles. The minimum Gasteiger partial charge on any atom is -0.294 e. The molecular formula is C15H20O. The molecule has 0 heterocycles. The summed E-state index contributed by atoms with van der Waals surface area (Å²) in [6.07, 6.45) is 4.35. The number of Topliss-reactive ketones (excluding diaryl/α,β-unsaturated/α-hetero) is 1. The molecule has 1 aromatic rings. The molecule has 0 fully saturated rings. The number of rotatable bonds is 3. The molecule has 0 amide bonds. The number of fused-ring (bicyclic) bond motifs is 1. The molecule has 1 aromatic carbocycles. The lowest BCUT2D eigenvalue weighted by atomic mass is 9.78. The first-order valence-corrected chi connectivity index (χ1v) is 6.34. The van der Waals surface area contributed by atoms with Crippen LogP contribution in [0.15, 0.2) is 24.3 Å². The number of carbonyl (C=O) groups is 1. The van der Waals surface area contributed by atoms with Gasteiger partial charge in [-0.3, -0.25) is 4.79 Å². The Kier molecular flexibility index (Phi) is 3.42. The van der Waals surface area contributed by atoms with E-state index in [1.165, 1.54) is 12.0 Å². The fourth-order valence-corrected chi connectivity index (χ4v) is 2.54. The highest BCUT2D eigenvalue weighted by Crippen LogP contribution is 2.30. The Hall–Kier alpha value is -1.11. The number of aryl methyl sites for hydroxylation is 1. The van der Waals surface area contributed by atoms with Gasteiger partial charge >= 0.3 is 0 Å². The van der Waals surface area contributed by atoms with Crippen LogP contribution in [0.4, 0.5) is 0 Å². The third-order valence-corrected chi connectivity index (χ3v) is 3.80. The fourth-order valence-electron chi connectivity index (χ4n) is 2.54. The van der Waals surface area contributed by atoms with E-state index in [1.807, 2.05) is 18.2 Å². The largest absolute Gasteiger partial charge is 0.294 e. The van der Waals surface area contributed by atoms with Crippen LogP contribution in [0.25, 0.3) is 0 Å². The highest BCUT2D eigenvalue weighted by Gasteiger charge is 2.27. The van der Waals surface area contributed by atoms with Crippen LogP contribution in [-0.2, 0) is 6.42 Å². The van der Waals surface area contributed by atoms with E-state index in [0.29, 0.717) is 11.7 Å². The number of hydrogen-bond acceptors (Lipinski definition) is 1. The molecule has 0 saturated carbocycles. The molecule has 2 atom stereocenters. The van der Waals surface area contributed by atoms with Gasteiger partial charge in [-0.1, -0.05) is 44.5 Å². The fraction of sp³-hybridized carbons (Fsp3) is 0.533. The van der Waals surface area contributed by atoms with Crippen LogP contribution in [0.5, 0.6) is 0 Å². The molecule has 0 radical (unpaired) electrons. The Morgan fingerprint density at radius 2 is 2.12 bits per heavy atom. The summed E-state index contributed by atoms with van der Waals surface area (Å²) >= 11 is 0. The maximum Gasteiger partial charge on any atom is 0.166 e. The quantitative estimate of drug-likeness (QED) is 0.749. The number of ketones is 1. The van der Waals surface area contributed by atoms with Crippen molar-refractivity contribution in [3.8, 4) is 0 Å². The van der Waals surface area contributed by atoms with Gasteiger partial charge in [0.2, 0.25) is 0 Å². The smallest absolute Gasteiger partial charge is 0.166 e. The van der Waals surface area contributed by atoms with Crippen molar-refractivity contribution in [2.24, 2.45) is 11.8 Å². The SMILES string of the molecule is CCC(C)CC1CCc2ccccc2C1=O. The van der Waals surface area contributed by atoms with E-state index in [-0.39, 0.29) is 5.92 Å². The lowest BCUT2D eigenvalue weighted by Gasteiger charge is -2.25. The second-order valence-electron chi connectivity index (χ2n) is 5.01. The predicted molar refractivity (Wildman–Crippen MR) is 66.7 cm³/mol. The zero-order valence-corrected chi connectivity index (χ0v) is 10.2. The monoisotopic (exact) mass is 216 g/mol. The Balaban J connectivity index is 2.15. The van der Waals surface area contributed by atoms with E-state index in [2.05, 4.69) is 19.9 Å². The van der Waals surface area contributed by atoms with Crippen LogP contribution in [0, 0.1) is 11.8 Å². The van der Waals surface area contributed by atoms with Crippen molar-refractivity contribution in [3.05, 3.63) is 35.4 Å². The first-order chi connectivity index (χ1) is 7.72. The normalized spacial score (nSPS) is 21.6. The van der Waals surface area contributed by atoms with Crippen molar-refractivity contribution in [2.75, 3.05) is 0 Å². The zero-order valence-electron chi connectivity index (χ0n) is 10.2. The van der Waals surface area contributed by atoms with Crippen LogP contribution >= 0.6 is 0 Å². The molecule has 0 saturated heterocycles. The minimum absolute atomic E-state index is 0.268. The third-order valence-electron chi connectivity index (χ3n) is 3.80. The second-order valence-corrected chi connectivity index (χ2v) is 5.01. The molecule has 1 heteroatoms. The molecule has 1 aliphatic rings. The van der Waals surface area contributed by atoms with Crippen molar-refractivity contribution >= 4 is 5.78 Å². The van der Waals surface area contributed by atoms with Crippen LogP contribution < -0.4 is 0 Å². The first kappa shape index (κ1) is 11.4. The van der Waals surface area contributed by atoms with Gasteiger partial charge in [0.15, 0.2) is 5.78 Å². The van der Waals surface area contributed by atoms with E-state index < -0.39 is 0 Å². The second kappa shape index (κ2) is 4.82. The van der Waals surface area contributed by atoms with Gasteiger partial charge in [0.25, 0.3) is 0 Å². The summed E-state index contributed by atoms with van der Waals surface area (Å²) < 4.78 is 0. The predicted octanol–water partition coefficient (Wildman–Crippen LogP) is 3.87. The summed E-state index contributed by atoms with van der Waals surface area (Å²) in [6.45, 7) is 4.44. The Morgan fingerprint density at radius 3 is 2.88 bits per heavy atom. The maximum atomic E-state index is 12.3. The minimum atomic E-state index is 0.268. The molecule has 0 spiro atoms. The van der Waals surface area contributed by atoms with Crippen molar-refractivity contribution in [1.82, 2.24) is 0 Å². The molecule has 86 valence electrons. The molecule has 0 N–H and O–H groups in total. The summed E-state index contributed by atoms with van der Waals surface area (Å²) in [6, 6.07) is 8.08. The average molecular weight is 216 g/mol. The molecule has 0 bridgehead atoms. The molecule has 0 aliphatic heterocycles. The summed E-state index contributed by atoms with van der Waals surface area (Å²) in [4.78, 5) is 12.3. The van der Waals surface area contributed by atoms with Crippen LogP contribution in [0.3, 0.4) is 0 Å². The van der Waals surface area contributed by atoms with Crippen LogP contribution in [0.1, 0.15) is 49.0 Å². The highest BCUT2D eigenvalue weighted by atomic mass is 16.1. The van der Waals surface area contributed by atoms with Crippen LogP contribution in [0.2, 0.25) is 0 Å². The van der Waals surface area contributed by atoms with Gasteiger partial charge in [0.05, 0.1) is 0 Å². The summed E-state index contributed by atoms with van der Waals surface area (Å²) in [5.41, 5.74) is 2.22. The maximum absolute atomic E-state index is 12.3. The highest BCUT2D eigenvalue weighted by molar-refractivity contribution is 6.00. The number of carbonyl (C=O) groups excluding carboxylic acids is 1. The van der Waals surface area contributed by atoms with Gasteiger partial charge < -0.3 is 0 Å². The number of hydrogen-bond donors (Lipinski definition) is 0. The topological polar surface area (TPSA) is 17.1 Å². The van der Waals surface area contributed by atoms with Gasteiger partial charge in [0, 0.05) is 11.5 Å². The lowest BCUT2D eigenvalue weighted by molar-refractivity contribution is 0.0881. The standard InChI is InChI=1S/C15H20O/c1-3-11(2)10-13-9-8-12-6-4-5-7-14(12)15(13)16/h4-7,11,13H,3,8-10H2,1-2H3. The Bertz CT molecular complexity index is 381. The van der Waals surface area contributed by atoms with Gasteiger partial charge in [-0.15, -0.1) is 0 Å². The third kappa shape index (κ3) is 2.18. The van der Waals surface area contributed by atoms with E-state index >= 15 is 0 Å². The Labute approximate surface area is 97.9 Å². The molecule has 16 heavy (non-hydrogen) atoms. The Morgan fingerprint density at radius 1 is 1.38 bits per heavy atom. The first-order valence-electron chi connectivity index (χ1n) is 6.34. The van der Waals surface area contributed by atoms with Gasteiger partial charge in [-0.2, -0.15) is 0 Å². The average Bonchev–Trinajstić information content (AvgIpc) is 2.33. The summed E-state index contributed by atoms with van der Waals surface area (Å²) in [7, 11) is 0. The zero-order chi connectivity index (χ0) is 11.5. The van der Waals surface area contributed by atoms with Crippen molar-refractivity contribution in [2.45, 2.75) is 39.5 Å². The van der Waals surface area contributed by atoms with Crippen molar-refractivity contribution in [1.29, 1.82) is 0 Å². The molecule has 2 unspecified atom stereocenters. The van der Waals surface area contributed by atoms with Crippen molar-refractivity contribution in [3.63, 3.8) is 0 Å². The summed E-state index contributed by atoms with van der Waals surface area (Å²) in [5.74, 6) is 1.31. The van der Waals surface area contributed by atoms with E-state index in [0.717, 1.165) is 24.8 Å². The van der Waals surface area contributed by atoms with Crippen molar-refractivity contribution < 1.29 is 4.79 Å².